The molecule has 32 heavy (non-hydrogen) atoms. The van der Waals surface area contributed by atoms with Gasteiger partial charge in [0.2, 0.25) is 0 Å². The summed E-state index contributed by atoms with van der Waals surface area (Å²) in [6.07, 6.45) is 0. The maximum absolute atomic E-state index is 13.7. The molecule has 0 atom stereocenters. The minimum absolute atomic E-state index is 0.00187. The van der Waals surface area contributed by atoms with Gasteiger partial charge < -0.3 is 4.74 Å². The molecule has 5 nitrogen and oxygen atoms in total. The highest BCUT2D eigenvalue weighted by atomic mass is 32.1. The number of rotatable bonds is 6. The van der Waals surface area contributed by atoms with Crippen molar-refractivity contribution in [1.29, 1.82) is 0 Å². The summed E-state index contributed by atoms with van der Waals surface area (Å²) in [5.74, 6) is 1.25. The van der Waals surface area contributed by atoms with Crippen LogP contribution in [-0.4, -0.2) is 22.4 Å². The summed E-state index contributed by atoms with van der Waals surface area (Å²) in [6.45, 7) is 7.93. The fraction of sp³-hybridized carbons (Fsp3) is 0.269. The smallest absolute Gasteiger partial charge is 0.263 e. The molecule has 0 unspecified atom stereocenters. The highest BCUT2D eigenvalue weighted by Crippen LogP contribution is 2.33. The van der Waals surface area contributed by atoms with Crippen LogP contribution in [0.25, 0.3) is 21.3 Å². The Kier molecular flexibility index (Phi) is 5.98. The van der Waals surface area contributed by atoms with Crippen molar-refractivity contribution in [3.63, 3.8) is 0 Å². The summed E-state index contributed by atoms with van der Waals surface area (Å²) in [5.41, 5.74) is 4.30. The first kappa shape index (κ1) is 22.0. The molecule has 0 fully saturated rings. The Balaban J connectivity index is 1.86. The van der Waals surface area contributed by atoms with Gasteiger partial charge in [-0.05, 0) is 48.7 Å². The standard InChI is InChI=1S/C26H26N2O3S/c1-15(2)24-27-25-23(21(14-32-25)18-7-6-8-20(12-18)31-5)26(30)28(24)13-22(29)19-10-9-16(3)17(4)11-19/h6-12,14-15H,13H2,1-5H3. The SMILES string of the molecule is COc1cccc(-c2csc3nc(C(C)C)n(CC(=O)c4ccc(C)c(C)c4)c(=O)c23)c1. The van der Waals surface area contributed by atoms with E-state index >= 15 is 0 Å². The van der Waals surface area contributed by atoms with E-state index in [1.807, 2.05) is 75.5 Å². The first-order chi connectivity index (χ1) is 15.3. The van der Waals surface area contributed by atoms with Crippen molar-refractivity contribution in [2.45, 2.75) is 40.2 Å². The average molecular weight is 447 g/mol. The van der Waals surface area contributed by atoms with E-state index in [-0.39, 0.29) is 23.8 Å². The van der Waals surface area contributed by atoms with Crippen LogP contribution in [0.3, 0.4) is 0 Å². The van der Waals surface area contributed by atoms with Gasteiger partial charge in [-0.25, -0.2) is 4.98 Å². The number of nitrogens with zero attached hydrogens (tertiary/aromatic N) is 2. The van der Waals surface area contributed by atoms with Gasteiger partial charge in [-0.2, -0.15) is 0 Å². The zero-order valence-electron chi connectivity index (χ0n) is 18.9. The van der Waals surface area contributed by atoms with Crippen molar-refractivity contribution in [3.05, 3.63) is 80.7 Å². The average Bonchev–Trinajstić information content (AvgIpc) is 3.21. The number of ketones is 1. The van der Waals surface area contributed by atoms with Gasteiger partial charge >= 0.3 is 0 Å². The molecule has 0 radical (unpaired) electrons. The quantitative estimate of drug-likeness (QED) is 0.354. The van der Waals surface area contributed by atoms with Gasteiger partial charge in [-0.3, -0.25) is 14.2 Å². The lowest BCUT2D eigenvalue weighted by molar-refractivity contribution is 0.0969. The number of hydrogen-bond donors (Lipinski definition) is 0. The Morgan fingerprint density at radius 3 is 2.59 bits per heavy atom. The molecule has 0 saturated carbocycles. The van der Waals surface area contributed by atoms with E-state index in [0.717, 1.165) is 28.0 Å². The molecule has 0 aliphatic heterocycles. The number of carbonyl (C=O) groups is 1. The lowest BCUT2D eigenvalue weighted by Gasteiger charge is -2.15. The van der Waals surface area contributed by atoms with Crippen LogP contribution >= 0.6 is 11.3 Å². The topological polar surface area (TPSA) is 61.2 Å². The fourth-order valence-electron chi connectivity index (χ4n) is 3.79. The second-order valence-corrected chi connectivity index (χ2v) is 9.16. The highest BCUT2D eigenvalue weighted by Gasteiger charge is 2.21. The number of hydrogen-bond acceptors (Lipinski definition) is 5. The number of methoxy groups -OCH3 is 1. The number of benzene rings is 2. The molecule has 4 aromatic rings. The fourth-order valence-corrected chi connectivity index (χ4v) is 4.73. The molecule has 0 N–H and O–H groups in total. The summed E-state index contributed by atoms with van der Waals surface area (Å²) in [7, 11) is 1.62. The molecule has 4 rings (SSSR count). The van der Waals surface area contributed by atoms with Crippen LogP contribution in [0.2, 0.25) is 0 Å². The molecular weight excluding hydrogens is 420 g/mol. The normalized spacial score (nSPS) is 11.3. The minimum Gasteiger partial charge on any atom is -0.497 e. The molecule has 2 heterocycles. The lowest BCUT2D eigenvalue weighted by atomic mass is 10.0. The highest BCUT2D eigenvalue weighted by molar-refractivity contribution is 7.17. The maximum Gasteiger partial charge on any atom is 0.263 e. The lowest BCUT2D eigenvalue weighted by Crippen LogP contribution is -2.29. The second-order valence-electron chi connectivity index (χ2n) is 8.30. The number of Topliss-reactive ketones (excluding diaryl/α,β-unsaturated/α-hetero) is 1. The monoisotopic (exact) mass is 446 g/mol. The molecule has 0 aliphatic carbocycles. The van der Waals surface area contributed by atoms with Crippen LogP contribution in [0.5, 0.6) is 5.75 Å². The van der Waals surface area contributed by atoms with Crippen molar-refractivity contribution in [3.8, 4) is 16.9 Å². The largest absolute Gasteiger partial charge is 0.497 e. The van der Waals surface area contributed by atoms with Crippen LogP contribution in [0.4, 0.5) is 0 Å². The van der Waals surface area contributed by atoms with Crippen molar-refractivity contribution < 1.29 is 9.53 Å². The molecular formula is C26H26N2O3S. The predicted octanol–water partition coefficient (Wildman–Crippen LogP) is 5.76. The van der Waals surface area contributed by atoms with Gasteiger partial charge in [0.15, 0.2) is 5.78 Å². The van der Waals surface area contributed by atoms with E-state index in [9.17, 15) is 9.59 Å². The molecule has 0 aliphatic rings. The van der Waals surface area contributed by atoms with Gasteiger partial charge in [0.25, 0.3) is 5.56 Å². The first-order valence-electron chi connectivity index (χ1n) is 10.6. The third kappa shape index (κ3) is 3.98. The van der Waals surface area contributed by atoms with Gasteiger partial charge in [0.1, 0.15) is 16.4 Å². The third-order valence-electron chi connectivity index (χ3n) is 5.75. The van der Waals surface area contributed by atoms with Crippen molar-refractivity contribution >= 4 is 27.3 Å². The molecule has 164 valence electrons. The molecule has 2 aromatic heterocycles. The first-order valence-corrected chi connectivity index (χ1v) is 11.4. The Labute approximate surface area is 191 Å². The van der Waals surface area contributed by atoms with Crippen LogP contribution in [-0.2, 0) is 6.54 Å². The molecule has 0 bridgehead atoms. The summed E-state index contributed by atoms with van der Waals surface area (Å²) in [4.78, 5) is 32.3. The number of fused-ring (bicyclic) bond motifs is 1. The number of carbonyl (C=O) groups excluding carboxylic acids is 1. The maximum atomic E-state index is 13.7. The Morgan fingerprint density at radius 2 is 1.91 bits per heavy atom. The number of aryl methyl sites for hydroxylation is 2. The van der Waals surface area contributed by atoms with Crippen LogP contribution in [0.1, 0.15) is 47.1 Å². The minimum atomic E-state index is -0.185. The summed E-state index contributed by atoms with van der Waals surface area (Å²) >= 11 is 1.45. The van der Waals surface area contributed by atoms with Crippen molar-refractivity contribution in [2.24, 2.45) is 0 Å². The van der Waals surface area contributed by atoms with Gasteiger partial charge in [-0.1, -0.05) is 38.1 Å². The Morgan fingerprint density at radius 1 is 1.12 bits per heavy atom. The summed E-state index contributed by atoms with van der Waals surface area (Å²) < 4.78 is 6.89. The van der Waals surface area contributed by atoms with E-state index in [4.69, 9.17) is 9.72 Å². The molecule has 0 saturated heterocycles. The second kappa shape index (κ2) is 8.71. The van der Waals surface area contributed by atoms with Crippen LogP contribution in [0, 0.1) is 13.8 Å². The zero-order chi connectivity index (χ0) is 23.0. The third-order valence-corrected chi connectivity index (χ3v) is 6.62. The summed E-state index contributed by atoms with van der Waals surface area (Å²) in [6, 6.07) is 13.3. The molecule has 0 amide bonds. The van der Waals surface area contributed by atoms with Gasteiger partial charge in [0.05, 0.1) is 19.0 Å². The number of ether oxygens (including phenoxy) is 1. The van der Waals surface area contributed by atoms with Gasteiger partial charge in [-0.15, -0.1) is 11.3 Å². The van der Waals surface area contributed by atoms with Crippen molar-refractivity contribution in [1.82, 2.24) is 9.55 Å². The van der Waals surface area contributed by atoms with Crippen molar-refractivity contribution in [2.75, 3.05) is 7.11 Å². The van der Waals surface area contributed by atoms with E-state index in [0.29, 0.717) is 21.6 Å². The Hall–Kier alpha value is -3.25. The molecule has 6 heteroatoms. The van der Waals surface area contributed by atoms with E-state index < -0.39 is 0 Å². The van der Waals surface area contributed by atoms with Gasteiger partial charge in [0, 0.05) is 22.4 Å². The van der Waals surface area contributed by atoms with Crippen LogP contribution in [0.15, 0.2) is 52.6 Å². The molecule has 0 spiro atoms. The molecule has 2 aromatic carbocycles. The predicted molar refractivity (Wildman–Crippen MR) is 130 cm³/mol. The van der Waals surface area contributed by atoms with E-state index in [1.54, 1.807) is 11.7 Å². The Bertz CT molecular complexity index is 1380. The summed E-state index contributed by atoms with van der Waals surface area (Å²) in [5, 5.41) is 2.49. The zero-order valence-corrected chi connectivity index (χ0v) is 19.7. The van der Waals surface area contributed by atoms with E-state index in [2.05, 4.69) is 0 Å². The number of thiophene rings is 1. The van der Waals surface area contributed by atoms with E-state index in [1.165, 1.54) is 11.3 Å². The van der Waals surface area contributed by atoms with Crippen LogP contribution < -0.4 is 10.3 Å². The number of aromatic nitrogens is 2.